The third-order valence-corrected chi connectivity index (χ3v) is 5.90. The van der Waals surface area contributed by atoms with E-state index in [-0.39, 0.29) is 0 Å². The molecule has 0 radical (unpaired) electrons. The molecule has 3 rings (SSSR count). The summed E-state index contributed by atoms with van der Waals surface area (Å²) in [5.74, 6) is 0. The molecule has 1 unspecified atom stereocenters. The van der Waals surface area contributed by atoms with Crippen LogP contribution in [0.4, 0.5) is 11.4 Å². The van der Waals surface area contributed by atoms with E-state index < -0.39 is 15.5 Å². The minimum Gasteiger partial charge on any atom is -0.320 e. The maximum Gasteiger partial charge on any atom is 0.286 e. The summed E-state index contributed by atoms with van der Waals surface area (Å²) in [6.45, 7) is 1.91. The van der Waals surface area contributed by atoms with Crippen molar-refractivity contribution < 1.29 is 13.0 Å². The number of rotatable bonds is 4. The Bertz CT molecular complexity index is 744. The van der Waals surface area contributed by atoms with E-state index in [1.807, 2.05) is 55.5 Å². The fourth-order valence-corrected chi connectivity index (χ4v) is 4.80. The van der Waals surface area contributed by atoms with E-state index in [2.05, 4.69) is 0 Å². The predicted molar refractivity (Wildman–Crippen MR) is 89.4 cm³/mol. The first kappa shape index (κ1) is 15.4. The first-order valence-corrected chi connectivity index (χ1v) is 9.46. The Balaban J connectivity index is 2.21. The van der Waals surface area contributed by atoms with Crippen LogP contribution in [0.2, 0.25) is 0 Å². The van der Waals surface area contributed by atoms with E-state index in [4.69, 9.17) is 0 Å². The summed E-state index contributed by atoms with van der Waals surface area (Å²) >= 11 is 1.61. The molecule has 0 saturated heterocycles. The van der Waals surface area contributed by atoms with Crippen LogP contribution in [0, 0.1) is 0 Å². The lowest BCUT2D eigenvalue weighted by molar-refractivity contribution is 0.460. The number of hydrogen-bond donors (Lipinski definition) is 1. The second-order valence-corrected chi connectivity index (χ2v) is 7.82. The van der Waals surface area contributed by atoms with Crippen LogP contribution in [0.3, 0.4) is 0 Å². The average Bonchev–Trinajstić information content (AvgIpc) is 2.49. The van der Waals surface area contributed by atoms with Gasteiger partial charge in [-0.1, -0.05) is 49.4 Å². The Kier molecular flexibility index (Phi) is 4.16. The van der Waals surface area contributed by atoms with Gasteiger partial charge in [-0.25, -0.2) is 0 Å². The van der Waals surface area contributed by atoms with Gasteiger partial charge in [0.2, 0.25) is 0 Å². The SMILES string of the molecule is CCCC(N1c2ccccc2Sc2ccccc21)S(=O)(=O)O. The number of nitrogens with zero attached hydrogens (tertiary/aromatic N) is 1. The van der Waals surface area contributed by atoms with Crippen molar-refractivity contribution in [1.29, 1.82) is 0 Å². The molecule has 2 aromatic carbocycles. The zero-order valence-corrected chi connectivity index (χ0v) is 13.8. The fraction of sp³-hybridized carbons (Fsp3) is 0.250. The van der Waals surface area contributed by atoms with Crippen molar-refractivity contribution in [3.8, 4) is 0 Å². The van der Waals surface area contributed by atoms with E-state index in [9.17, 15) is 13.0 Å². The molecule has 0 aliphatic carbocycles. The van der Waals surface area contributed by atoms with Gasteiger partial charge in [0.15, 0.2) is 5.37 Å². The number of benzene rings is 2. The van der Waals surface area contributed by atoms with Gasteiger partial charge >= 0.3 is 0 Å². The zero-order chi connectivity index (χ0) is 15.7. The lowest BCUT2D eigenvalue weighted by Gasteiger charge is -2.37. The highest BCUT2D eigenvalue weighted by atomic mass is 32.2. The molecule has 6 heteroatoms. The first-order chi connectivity index (χ1) is 10.5. The maximum atomic E-state index is 11.9. The molecule has 1 aliphatic heterocycles. The molecule has 0 bridgehead atoms. The third-order valence-electron chi connectivity index (χ3n) is 3.64. The zero-order valence-electron chi connectivity index (χ0n) is 12.1. The average molecular weight is 335 g/mol. The van der Waals surface area contributed by atoms with Crippen LogP contribution in [-0.2, 0) is 10.1 Å². The molecule has 0 spiro atoms. The molecule has 1 aliphatic rings. The topological polar surface area (TPSA) is 57.6 Å². The molecule has 0 amide bonds. The molecule has 4 nitrogen and oxygen atoms in total. The van der Waals surface area contributed by atoms with E-state index in [0.717, 1.165) is 21.2 Å². The third kappa shape index (κ3) is 2.74. The van der Waals surface area contributed by atoms with Gasteiger partial charge in [0.25, 0.3) is 10.1 Å². The van der Waals surface area contributed by atoms with Gasteiger partial charge in [0, 0.05) is 9.79 Å². The summed E-state index contributed by atoms with van der Waals surface area (Å²) in [4.78, 5) is 3.73. The van der Waals surface area contributed by atoms with Gasteiger partial charge in [-0.05, 0) is 30.7 Å². The van der Waals surface area contributed by atoms with Crippen LogP contribution in [-0.4, -0.2) is 18.3 Å². The molecule has 1 atom stereocenters. The van der Waals surface area contributed by atoms with Crippen LogP contribution in [0.1, 0.15) is 19.8 Å². The van der Waals surface area contributed by atoms with Crippen LogP contribution in [0.15, 0.2) is 58.3 Å². The van der Waals surface area contributed by atoms with Gasteiger partial charge in [-0.3, -0.25) is 4.55 Å². The molecule has 0 aromatic heterocycles. The Labute approximate surface area is 134 Å². The number of fused-ring (bicyclic) bond motifs is 2. The standard InChI is InChI=1S/C16H17NO3S2/c1-2-7-16(22(18,19)20)17-12-8-3-5-10-14(12)21-15-11-6-4-9-13(15)17/h3-6,8-11,16H,2,7H2,1H3,(H,18,19,20). The summed E-state index contributed by atoms with van der Waals surface area (Å²) in [5.41, 5.74) is 1.64. The summed E-state index contributed by atoms with van der Waals surface area (Å²) in [6.07, 6.45) is 1.03. The van der Waals surface area contributed by atoms with Crippen molar-refractivity contribution in [2.24, 2.45) is 0 Å². The van der Waals surface area contributed by atoms with Crippen molar-refractivity contribution in [1.82, 2.24) is 0 Å². The van der Waals surface area contributed by atoms with Crippen molar-refractivity contribution in [3.05, 3.63) is 48.5 Å². The highest BCUT2D eigenvalue weighted by molar-refractivity contribution is 7.99. The van der Waals surface area contributed by atoms with Gasteiger partial charge in [-0.15, -0.1) is 0 Å². The van der Waals surface area contributed by atoms with Crippen molar-refractivity contribution in [2.75, 3.05) is 4.90 Å². The van der Waals surface area contributed by atoms with E-state index in [1.54, 1.807) is 16.7 Å². The molecule has 0 saturated carbocycles. The van der Waals surface area contributed by atoms with Crippen molar-refractivity contribution in [2.45, 2.75) is 34.9 Å². The minimum absolute atomic E-state index is 0.367. The number of para-hydroxylation sites is 2. The molecular formula is C16H17NO3S2. The molecule has 22 heavy (non-hydrogen) atoms. The first-order valence-electron chi connectivity index (χ1n) is 7.14. The van der Waals surface area contributed by atoms with E-state index >= 15 is 0 Å². The minimum atomic E-state index is -4.20. The maximum absolute atomic E-state index is 11.9. The molecular weight excluding hydrogens is 318 g/mol. The quantitative estimate of drug-likeness (QED) is 0.844. The van der Waals surface area contributed by atoms with Gasteiger partial charge < -0.3 is 4.90 Å². The monoisotopic (exact) mass is 335 g/mol. The summed E-state index contributed by atoms with van der Waals surface area (Å²) in [6, 6.07) is 15.4. The smallest absolute Gasteiger partial charge is 0.286 e. The molecule has 0 fully saturated rings. The highest BCUT2D eigenvalue weighted by Gasteiger charge is 2.35. The van der Waals surface area contributed by atoms with E-state index in [0.29, 0.717) is 12.8 Å². The Morgan fingerprint density at radius 1 is 1.05 bits per heavy atom. The lowest BCUT2D eigenvalue weighted by Crippen LogP contribution is -2.39. The Morgan fingerprint density at radius 2 is 1.55 bits per heavy atom. The predicted octanol–water partition coefficient (Wildman–Crippen LogP) is 4.30. The Hall–Kier alpha value is -1.50. The lowest BCUT2D eigenvalue weighted by atomic mass is 10.2. The summed E-state index contributed by atoms with van der Waals surface area (Å²) < 4.78 is 33.6. The molecule has 116 valence electrons. The van der Waals surface area contributed by atoms with Crippen LogP contribution in [0.25, 0.3) is 0 Å². The van der Waals surface area contributed by atoms with Gasteiger partial charge in [-0.2, -0.15) is 8.42 Å². The summed E-state index contributed by atoms with van der Waals surface area (Å²) in [5, 5.41) is -0.972. The van der Waals surface area contributed by atoms with Crippen LogP contribution < -0.4 is 4.90 Å². The summed E-state index contributed by atoms with van der Waals surface area (Å²) in [7, 11) is -4.20. The Morgan fingerprint density at radius 3 is 2.00 bits per heavy atom. The second-order valence-electron chi connectivity index (χ2n) is 5.17. The number of hydrogen-bond acceptors (Lipinski definition) is 4. The normalized spacial score (nSPS) is 15.1. The van der Waals surface area contributed by atoms with Crippen molar-refractivity contribution in [3.63, 3.8) is 0 Å². The molecule has 1 N–H and O–H groups in total. The number of anilines is 2. The van der Waals surface area contributed by atoms with Crippen LogP contribution >= 0.6 is 11.8 Å². The largest absolute Gasteiger partial charge is 0.320 e. The fourth-order valence-electron chi connectivity index (χ4n) is 2.70. The van der Waals surface area contributed by atoms with Crippen molar-refractivity contribution >= 4 is 33.3 Å². The molecule has 1 heterocycles. The van der Waals surface area contributed by atoms with Gasteiger partial charge in [0.05, 0.1) is 11.4 Å². The van der Waals surface area contributed by atoms with Gasteiger partial charge in [0.1, 0.15) is 0 Å². The highest BCUT2D eigenvalue weighted by Crippen LogP contribution is 2.49. The van der Waals surface area contributed by atoms with Crippen LogP contribution in [0.5, 0.6) is 0 Å². The van der Waals surface area contributed by atoms with E-state index in [1.165, 1.54) is 0 Å². The molecule has 2 aromatic rings. The second kappa shape index (κ2) is 5.95.